The lowest BCUT2D eigenvalue weighted by Gasteiger charge is -2.33. The molecular formula is C11H20BrNO2. The van der Waals surface area contributed by atoms with Gasteiger partial charge in [0.2, 0.25) is 0 Å². The molecule has 1 N–H and O–H groups in total. The maximum atomic E-state index is 12.0. The Balaban J connectivity index is 2.62. The Labute approximate surface area is 100 Å². The average Bonchev–Trinajstić information content (AvgIpc) is 2.52. The van der Waals surface area contributed by atoms with Gasteiger partial charge in [-0.3, -0.25) is 4.79 Å². The first kappa shape index (κ1) is 13.0. The number of halogens is 1. The Kier molecular flexibility index (Phi) is 3.82. The molecule has 0 aromatic heterocycles. The molecule has 0 radical (unpaired) electrons. The molecular weight excluding hydrogens is 258 g/mol. The molecule has 2 atom stereocenters. The van der Waals surface area contributed by atoms with E-state index < -0.39 is 5.60 Å². The summed E-state index contributed by atoms with van der Waals surface area (Å²) in [5.41, 5.74) is -0.884. The van der Waals surface area contributed by atoms with Gasteiger partial charge in [-0.2, -0.15) is 0 Å². The summed E-state index contributed by atoms with van der Waals surface area (Å²) in [6.07, 6.45) is 1.78. The number of amides is 1. The number of hydrogen-bond donors (Lipinski definition) is 1. The summed E-state index contributed by atoms with van der Waals surface area (Å²) in [5, 5.41) is 3.03. The van der Waals surface area contributed by atoms with Crippen LogP contribution in [0.25, 0.3) is 0 Å². The lowest BCUT2D eigenvalue weighted by atomic mass is 9.97. The van der Waals surface area contributed by atoms with Crippen LogP contribution >= 0.6 is 15.9 Å². The quantitative estimate of drug-likeness (QED) is 0.804. The van der Waals surface area contributed by atoms with Crippen LogP contribution < -0.4 is 5.32 Å². The molecule has 1 aliphatic heterocycles. The van der Waals surface area contributed by atoms with Gasteiger partial charge in [-0.25, -0.2) is 0 Å². The van der Waals surface area contributed by atoms with E-state index in [1.165, 1.54) is 0 Å². The smallest absolute Gasteiger partial charge is 0.252 e. The maximum Gasteiger partial charge on any atom is 0.252 e. The number of carbonyl (C=O) groups excluding carboxylic acids is 1. The van der Waals surface area contributed by atoms with Crippen LogP contribution in [-0.4, -0.2) is 28.5 Å². The minimum absolute atomic E-state index is 0.00343. The van der Waals surface area contributed by atoms with Crippen LogP contribution in [-0.2, 0) is 9.53 Å². The largest absolute Gasteiger partial charge is 0.365 e. The van der Waals surface area contributed by atoms with Crippen molar-refractivity contribution in [1.29, 1.82) is 0 Å². The fourth-order valence-electron chi connectivity index (χ4n) is 1.48. The van der Waals surface area contributed by atoms with Crippen LogP contribution in [0.4, 0.5) is 0 Å². The normalized spacial score (nSPS) is 28.9. The molecule has 1 heterocycles. The van der Waals surface area contributed by atoms with Crippen LogP contribution in [0.15, 0.2) is 0 Å². The van der Waals surface area contributed by atoms with Crippen LogP contribution in [0.5, 0.6) is 0 Å². The second-order valence-electron chi connectivity index (χ2n) is 4.97. The topological polar surface area (TPSA) is 38.3 Å². The first-order chi connectivity index (χ1) is 6.78. The fourth-order valence-corrected chi connectivity index (χ4v) is 1.60. The van der Waals surface area contributed by atoms with Gasteiger partial charge in [0, 0.05) is 17.0 Å². The monoisotopic (exact) mass is 277 g/mol. The Morgan fingerprint density at radius 3 is 2.60 bits per heavy atom. The minimum Gasteiger partial charge on any atom is -0.365 e. The standard InChI is InChI=1S/C11H20BrNO2/c1-8(12)10(2,3)13-9(14)11(4)6-5-7-15-11/h8H,5-7H2,1-4H3,(H,13,14). The first-order valence-electron chi connectivity index (χ1n) is 5.38. The summed E-state index contributed by atoms with van der Waals surface area (Å²) in [7, 11) is 0. The van der Waals surface area contributed by atoms with Gasteiger partial charge in [0.05, 0.1) is 0 Å². The second kappa shape index (κ2) is 4.42. The van der Waals surface area contributed by atoms with Crippen molar-refractivity contribution in [3.63, 3.8) is 0 Å². The number of nitrogens with one attached hydrogen (secondary N) is 1. The summed E-state index contributed by atoms with van der Waals surface area (Å²) in [6, 6.07) is 0. The van der Waals surface area contributed by atoms with Crippen LogP contribution in [0, 0.1) is 0 Å². The zero-order chi connectivity index (χ0) is 11.7. The Bertz CT molecular complexity index is 245. The molecule has 0 aliphatic carbocycles. The molecule has 1 rings (SSSR count). The maximum absolute atomic E-state index is 12.0. The summed E-state index contributed by atoms with van der Waals surface area (Å²) in [6.45, 7) is 8.59. The molecule has 0 aromatic carbocycles. The van der Waals surface area contributed by atoms with Crippen molar-refractivity contribution in [2.24, 2.45) is 0 Å². The molecule has 1 amide bonds. The molecule has 1 saturated heterocycles. The predicted molar refractivity (Wildman–Crippen MR) is 64.2 cm³/mol. The number of ether oxygens (including phenoxy) is 1. The van der Waals surface area contributed by atoms with Gasteiger partial charge >= 0.3 is 0 Å². The third kappa shape index (κ3) is 2.94. The third-order valence-electron chi connectivity index (χ3n) is 3.13. The van der Waals surface area contributed by atoms with E-state index in [0.717, 1.165) is 12.8 Å². The van der Waals surface area contributed by atoms with E-state index >= 15 is 0 Å². The minimum atomic E-state index is -0.626. The third-order valence-corrected chi connectivity index (χ3v) is 4.27. The molecule has 1 fully saturated rings. The van der Waals surface area contributed by atoms with Crippen molar-refractivity contribution >= 4 is 21.8 Å². The molecule has 0 bridgehead atoms. The highest BCUT2D eigenvalue weighted by atomic mass is 79.9. The van der Waals surface area contributed by atoms with Crippen molar-refractivity contribution < 1.29 is 9.53 Å². The number of hydrogen-bond acceptors (Lipinski definition) is 2. The Morgan fingerprint density at radius 2 is 2.20 bits per heavy atom. The van der Waals surface area contributed by atoms with E-state index in [2.05, 4.69) is 21.2 Å². The summed E-state index contributed by atoms with van der Waals surface area (Å²) >= 11 is 3.50. The fraction of sp³-hybridized carbons (Fsp3) is 0.909. The highest BCUT2D eigenvalue weighted by Crippen LogP contribution is 2.27. The number of carbonyl (C=O) groups is 1. The van der Waals surface area contributed by atoms with Gasteiger partial charge in [0.15, 0.2) is 0 Å². The Hall–Kier alpha value is -0.0900. The van der Waals surface area contributed by atoms with Gasteiger partial charge < -0.3 is 10.1 Å². The molecule has 3 nitrogen and oxygen atoms in total. The highest BCUT2D eigenvalue weighted by Gasteiger charge is 2.40. The van der Waals surface area contributed by atoms with E-state index in [1.54, 1.807) is 0 Å². The van der Waals surface area contributed by atoms with Crippen molar-refractivity contribution in [3.8, 4) is 0 Å². The summed E-state index contributed by atoms with van der Waals surface area (Å²) in [5.74, 6) is -0.00343. The van der Waals surface area contributed by atoms with Crippen LogP contribution in [0.1, 0.15) is 40.5 Å². The zero-order valence-corrected chi connectivity index (χ0v) is 11.5. The summed E-state index contributed by atoms with van der Waals surface area (Å²) < 4.78 is 5.50. The number of alkyl halides is 1. The van der Waals surface area contributed by atoms with E-state index in [0.29, 0.717) is 6.61 Å². The Morgan fingerprint density at radius 1 is 1.60 bits per heavy atom. The predicted octanol–water partition coefficient (Wildman–Crippen LogP) is 2.23. The van der Waals surface area contributed by atoms with Gasteiger partial charge in [-0.1, -0.05) is 22.9 Å². The molecule has 0 spiro atoms. The molecule has 0 aromatic rings. The van der Waals surface area contributed by atoms with Crippen LogP contribution in [0.3, 0.4) is 0 Å². The molecule has 1 aliphatic rings. The van der Waals surface area contributed by atoms with Gasteiger partial charge in [0.25, 0.3) is 5.91 Å². The molecule has 0 saturated carbocycles. The van der Waals surface area contributed by atoms with Gasteiger partial charge in [-0.15, -0.1) is 0 Å². The van der Waals surface area contributed by atoms with E-state index in [1.807, 2.05) is 27.7 Å². The van der Waals surface area contributed by atoms with E-state index in [4.69, 9.17) is 4.74 Å². The van der Waals surface area contributed by atoms with E-state index in [-0.39, 0.29) is 16.3 Å². The van der Waals surface area contributed by atoms with Crippen molar-refractivity contribution in [2.75, 3.05) is 6.61 Å². The zero-order valence-electron chi connectivity index (χ0n) is 9.89. The van der Waals surface area contributed by atoms with Crippen molar-refractivity contribution in [2.45, 2.75) is 56.5 Å². The molecule has 2 unspecified atom stereocenters. The lowest BCUT2D eigenvalue weighted by molar-refractivity contribution is -0.141. The summed E-state index contributed by atoms with van der Waals surface area (Å²) in [4.78, 5) is 12.3. The SMILES string of the molecule is CC(Br)C(C)(C)NC(=O)C1(C)CCCO1. The van der Waals surface area contributed by atoms with Crippen molar-refractivity contribution in [1.82, 2.24) is 5.32 Å². The van der Waals surface area contributed by atoms with Crippen molar-refractivity contribution in [3.05, 3.63) is 0 Å². The highest BCUT2D eigenvalue weighted by molar-refractivity contribution is 9.09. The molecule has 4 heteroatoms. The average molecular weight is 278 g/mol. The van der Waals surface area contributed by atoms with E-state index in [9.17, 15) is 4.79 Å². The lowest BCUT2D eigenvalue weighted by Crippen LogP contribution is -2.55. The van der Waals surface area contributed by atoms with Gasteiger partial charge in [-0.05, 0) is 33.6 Å². The van der Waals surface area contributed by atoms with Gasteiger partial charge in [0.1, 0.15) is 5.60 Å². The first-order valence-corrected chi connectivity index (χ1v) is 6.30. The molecule has 15 heavy (non-hydrogen) atoms. The number of rotatable bonds is 3. The molecule has 88 valence electrons. The second-order valence-corrected chi connectivity index (χ2v) is 6.35. The van der Waals surface area contributed by atoms with Crippen LogP contribution in [0.2, 0.25) is 0 Å².